The van der Waals surface area contributed by atoms with E-state index in [9.17, 15) is 4.79 Å². The summed E-state index contributed by atoms with van der Waals surface area (Å²) in [6.07, 6.45) is 0. The van der Waals surface area contributed by atoms with E-state index >= 15 is 0 Å². The van der Waals surface area contributed by atoms with Gasteiger partial charge in [0.05, 0.1) is 28.6 Å². The van der Waals surface area contributed by atoms with E-state index < -0.39 is 0 Å². The third-order valence-electron chi connectivity index (χ3n) is 0.698. The van der Waals surface area contributed by atoms with Crippen LogP contribution in [0.5, 0.6) is 0 Å². The smallest absolute Gasteiger partial charge is 0.247 e. The van der Waals surface area contributed by atoms with Crippen molar-refractivity contribution in [1.82, 2.24) is 3.11 Å². The van der Waals surface area contributed by atoms with Gasteiger partial charge in [-0.2, -0.15) is 0 Å². The fourth-order valence-electron chi connectivity index (χ4n) is 0.339. The number of carbonyl (C=O) groups excluding carboxylic acids is 1. The molecule has 1 rings (SSSR count). The number of rotatable bonds is 0. The summed E-state index contributed by atoms with van der Waals surface area (Å²) in [5.41, 5.74) is 0. The van der Waals surface area contributed by atoms with Crippen LogP contribution >= 0.6 is 46.8 Å². The van der Waals surface area contributed by atoms with Crippen molar-refractivity contribution in [1.29, 1.82) is 0 Å². The Labute approximate surface area is 70.5 Å². The predicted molar refractivity (Wildman–Crippen MR) is 45.9 cm³/mol. The number of hydrogen-bond donors (Lipinski definition) is 0. The van der Waals surface area contributed by atoms with Gasteiger partial charge in [0.2, 0.25) is 5.91 Å². The first kappa shape index (κ1) is 6.76. The minimum absolute atomic E-state index is 0.0978. The van der Waals surface area contributed by atoms with E-state index in [1.807, 2.05) is 22.9 Å². The van der Waals surface area contributed by atoms with Crippen LogP contribution in [-0.4, -0.2) is 19.1 Å². The number of thiocarbonyl (C=S) groups is 1. The lowest BCUT2D eigenvalue weighted by molar-refractivity contribution is -0.119. The van der Waals surface area contributed by atoms with Gasteiger partial charge in [0, 0.05) is 0 Å². The highest BCUT2D eigenvalue weighted by atomic mass is 127. The summed E-state index contributed by atoms with van der Waals surface area (Å²) in [5, 5.41) is 0. The largest absolute Gasteiger partial charge is 0.273 e. The minimum Gasteiger partial charge on any atom is -0.273 e. The maximum absolute atomic E-state index is 10.6. The van der Waals surface area contributed by atoms with Gasteiger partial charge in [-0.15, -0.1) is 0 Å². The fraction of sp³-hybridized carbons (Fsp3) is 0.333. The van der Waals surface area contributed by atoms with Crippen LogP contribution in [0.25, 0.3) is 0 Å². The first-order valence-electron chi connectivity index (χ1n) is 1.87. The molecule has 0 aliphatic carbocycles. The van der Waals surface area contributed by atoms with Crippen molar-refractivity contribution in [3.05, 3.63) is 0 Å². The number of thioether (sulfide) groups is 1. The maximum Gasteiger partial charge on any atom is 0.247 e. The molecular formula is C3H2INOS2. The topological polar surface area (TPSA) is 20.3 Å². The molecule has 0 radical (unpaired) electrons. The van der Waals surface area contributed by atoms with Crippen molar-refractivity contribution < 1.29 is 4.79 Å². The Hall–Kier alpha value is 0.640. The second kappa shape index (κ2) is 2.49. The second-order valence-corrected chi connectivity index (χ2v) is 3.80. The molecule has 1 aliphatic heterocycles. The van der Waals surface area contributed by atoms with E-state index in [0.29, 0.717) is 10.1 Å². The molecule has 1 saturated heterocycles. The normalized spacial score (nSPS) is 20.4. The molecule has 1 aliphatic rings. The zero-order valence-electron chi connectivity index (χ0n) is 3.76. The summed E-state index contributed by atoms with van der Waals surface area (Å²) in [6.45, 7) is 0. The average molecular weight is 259 g/mol. The molecule has 0 aromatic rings. The molecule has 0 unspecified atom stereocenters. The van der Waals surface area contributed by atoms with E-state index in [1.165, 1.54) is 14.9 Å². The van der Waals surface area contributed by atoms with Crippen LogP contribution in [0.4, 0.5) is 0 Å². The molecule has 5 heteroatoms. The molecule has 0 aromatic heterocycles. The second-order valence-electron chi connectivity index (χ2n) is 1.23. The molecule has 44 valence electrons. The van der Waals surface area contributed by atoms with E-state index in [2.05, 4.69) is 0 Å². The number of carbonyl (C=O) groups is 1. The van der Waals surface area contributed by atoms with E-state index in [0.717, 1.165) is 0 Å². The van der Waals surface area contributed by atoms with Crippen LogP contribution in [0.3, 0.4) is 0 Å². The van der Waals surface area contributed by atoms with E-state index in [4.69, 9.17) is 12.2 Å². The highest BCUT2D eigenvalue weighted by Gasteiger charge is 2.23. The Balaban J connectivity index is 2.70. The van der Waals surface area contributed by atoms with Gasteiger partial charge in [-0.25, -0.2) is 3.11 Å². The summed E-state index contributed by atoms with van der Waals surface area (Å²) >= 11 is 8.10. The van der Waals surface area contributed by atoms with Crippen LogP contribution in [0.1, 0.15) is 0 Å². The molecule has 1 amide bonds. The summed E-state index contributed by atoms with van der Waals surface area (Å²) in [5.74, 6) is 0.613. The molecule has 1 heterocycles. The molecule has 0 spiro atoms. The van der Waals surface area contributed by atoms with Gasteiger partial charge < -0.3 is 0 Å². The molecule has 0 N–H and O–H groups in total. The van der Waals surface area contributed by atoms with E-state index in [-0.39, 0.29) is 5.91 Å². The Morgan fingerprint density at radius 3 is 2.62 bits per heavy atom. The van der Waals surface area contributed by atoms with Gasteiger partial charge in [-0.3, -0.25) is 4.79 Å². The summed E-state index contributed by atoms with van der Waals surface area (Å²) in [4.78, 5) is 10.6. The molecule has 0 aromatic carbocycles. The monoisotopic (exact) mass is 259 g/mol. The van der Waals surface area contributed by atoms with Gasteiger partial charge in [-0.05, 0) is 0 Å². The first-order valence-corrected chi connectivity index (χ1v) is 4.23. The Bertz CT molecular complexity index is 132. The van der Waals surface area contributed by atoms with Crippen LogP contribution < -0.4 is 0 Å². The van der Waals surface area contributed by atoms with Crippen molar-refractivity contribution in [2.24, 2.45) is 0 Å². The van der Waals surface area contributed by atoms with Gasteiger partial charge in [0.15, 0.2) is 4.32 Å². The molecule has 0 saturated carbocycles. The standard InChI is InChI=1S/C3H2INOS2/c4-5-2(6)1-8-3(5)7/h1H2. The highest BCUT2D eigenvalue weighted by molar-refractivity contribution is 14.1. The third-order valence-corrected chi connectivity index (χ3v) is 3.73. The fourth-order valence-corrected chi connectivity index (χ4v) is 2.03. The van der Waals surface area contributed by atoms with E-state index in [1.54, 1.807) is 0 Å². The third kappa shape index (κ3) is 1.14. The van der Waals surface area contributed by atoms with Crippen LogP contribution in [0, 0.1) is 0 Å². The lowest BCUT2D eigenvalue weighted by Crippen LogP contribution is -2.15. The van der Waals surface area contributed by atoms with Crippen LogP contribution in [0.15, 0.2) is 0 Å². The maximum atomic E-state index is 10.6. The SMILES string of the molecule is O=C1CSC(=S)N1I. The van der Waals surface area contributed by atoms with Crippen molar-refractivity contribution in [3.63, 3.8) is 0 Å². The number of hydrogen-bond acceptors (Lipinski definition) is 3. The quantitative estimate of drug-likeness (QED) is 0.370. The van der Waals surface area contributed by atoms with Gasteiger partial charge in [-0.1, -0.05) is 24.0 Å². The summed E-state index contributed by atoms with van der Waals surface area (Å²) in [6, 6.07) is 0. The van der Waals surface area contributed by atoms with Gasteiger partial charge >= 0.3 is 0 Å². The van der Waals surface area contributed by atoms with Gasteiger partial charge in [0.1, 0.15) is 0 Å². The van der Waals surface area contributed by atoms with Crippen LogP contribution in [-0.2, 0) is 4.79 Å². The zero-order valence-corrected chi connectivity index (χ0v) is 7.55. The average Bonchev–Trinajstić information content (AvgIpc) is 1.98. The van der Waals surface area contributed by atoms with Gasteiger partial charge in [0.25, 0.3) is 0 Å². The zero-order chi connectivity index (χ0) is 6.15. The van der Waals surface area contributed by atoms with Crippen molar-refractivity contribution in [2.75, 3.05) is 5.75 Å². The molecule has 0 atom stereocenters. The first-order chi connectivity index (χ1) is 3.72. The highest BCUT2D eigenvalue weighted by Crippen LogP contribution is 2.22. The molecule has 2 nitrogen and oxygen atoms in total. The Morgan fingerprint density at radius 1 is 1.88 bits per heavy atom. The predicted octanol–water partition coefficient (Wildman–Crippen LogP) is 1.20. The Kier molecular flexibility index (Phi) is 2.10. The number of nitrogens with zero attached hydrogens (tertiary/aromatic N) is 1. The number of halogens is 1. The lowest BCUT2D eigenvalue weighted by Gasteiger charge is -1.99. The van der Waals surface area contributed by atoms with Crippen molar-refractivity contribution in [3.8, 4) is 0 Å². The lowest BCUT2D eigenvalue weighted by atomic mass is 10.7. The minimum atomic E-state index is 0.0978. The summed E-state index contributed by atoms with van der Waals surface area (Å²) in [7, 11) is 0. The van der Waals surface area contributed by atoms with Crippen molar-refractivity contribution >= 4 is 57.1 Å². The molecule has 0 bridgehead atoms. The molecule has 1 fully saturated rings. The molecule has 8 heavy (non-hydrogen) atoms. The van der Waals surface area contributed by atoms with Crippen LogP contribution in [0.2, 0.25) is 0 Å². The number of amides is 1. The van der Waals surface area contributed by atoms with Crippen molar-refractivity contribution in [2.45, 2.75) is 0 Å². The molecular weight excluding hydrogens is 257 g/mol. The summed E-state index contributed by atoms with van der Waals surface area (Å²) < 4.78 is 2.15. The Morgan fingerprint density at radius 2 is 2.50 bits per heavy atom.